The van der Waals surface area contributed by atoms with Crippen molar-refractivity contribution in [1.82, 2.24) is 19.6 Å². The van der Waals surface area contributed by atoms with Crippen LogP contribution < -0.4 is 19.1 Å². The standard InChI is InChI=1S/C49H56N6O8S2/c1-30(2)38-6-3-4-7-39(38)41-8-5-19-54(41)34-26-49(27-34)16-20-53(21-17-49)33-11-14-40(43(23-33)63-36-22-32-15-18-50-47(32)51-28-36)48(57)52-65(60,61)37-24-42(55(58)59)46-44(25-37)62-29-45(64-46)31-9-12-35(56)13-10-31/h3-4,6-7,11,14-15,18,22-25,28,30-31,34-35,41,45,56H,5,8-10,12-13,16-17,19-21,26-27,29H2,1-2H3,(H,50,51)(H,52,57)/t31?,35?,41-,45+/m0/s1. The van der Waals surface area contributed by atoms with E-state index in [0.717, 1.165) is 62.5 Å². The molecule has 2 atom stereocenters. The lowest BCUT2D eigenvalue weighted by atomic mass is 9.59. The van der Waals surface area contributed by atoms with Crippen LogP contribution in [0.4, 0.5) is 11.4 Å². The number of aromatic nitrogens is 2. The zero-order chi connectivity index (χ0) is 45.0. The van der Waals surface area contributed by atoms with Crippen molar-refractivity contribution in [3.8, 4) is 17.2 Å². The Bertz CT molecular complexity index is 2720. The predicted octanol–water partition coefficient (Wildman–Crippen LogP) is 9.50. The van der Waals surface area contributed by atoms with Gasteiger partial charge in [0.05, 0.1) is 27.7 Å². The Labute approximate surface area is 383 Å². The molecule has 3 N–H and O–H groups in total. The van der Waals surface area contributed by atoms with E-state index >= 15 is 0 Å². The van der Waals surface area contributed by atoms with Crippen molar-refractivity contribution < 1.29 is 32.7 Å². The highest BCUT2D eigenvalue weighted by Crippen LogP contribution is 2.55. The Morgan fingerprint density at radius 3 is 2.58 bits per heavy atom. The molecule has 3 aliphatic heterocycles. The van der Waals surface area contributed by atoms with Crippen LogP contribution in [-0.4, -0.2) is 82.9 Å². The van der Waals surface area contributed by atoms with Crippen LogP contribution in [0, 0.1) is 21.4 Å². The number of carbonyl (C=O) groups excluding carboxylic acids is 1. The first-order valence-electron chi connectivity index (χ1n) is 23.0. The SMILES string of the molecule is CC(C)c1ccccc1[C@@H]1CCCN1C1CC2(CCN(c3ccc(C(=O)NS(=O)(=O)c4cc5c(c([N+](=O)[O-])c4)S[C@@H](C4CCC(O)CC4)CO5)c(Oc4cnc5[nH]ccc5c4)c3)CC2)C1. The van der Waals surface area contributed by atoms with Crippen molar-refractivity contribution in [1.29, 1.82) is 0 Å². The number of anilines is 1. The molecule has 5 aromatic rings. The fourth-order valence-corrected chi connectivity index (χ4v) is 13.6. The molecule has 5 aliphatic rings. The fraction of sp³-hybridized carbons (Fsp3) is 0.469. The van der Waals surface area contributed by atoms with Crippen molar-refractivity contribution >= 4 is 50.1 Å². The van der Waals surface area contributed by atoms with E-state index in [1.165, 1.54) is 54.6 Å². The highest BCUT2D eigenvalue weighted by molar-refractivity contribution is 8.00. The summed E-state index contributed by atoms with van der Waals surface area (Å²) < 4.78 is 42.4. The van der Waals surface area contributed by atoms with Crippen LogP contribution in [-0.2, 0) is 10.0 Å². The number of piperidine rings is 1. The summed E-state index contributed by atoms with van der Waals surface area (Å²) in [4.78, 5) is 38.2. The van der Waals surface area contributed by atoms with E-state index in [1.807, 2.05) is 12.1 Å². The number of pyridine rings is 1. The number of hydrogen-bond acceptors (Lipinski definition) is 12. The number of aromatic amines is 1. The van der Waals surface area contributed by atoms with Gasteiger partial charge in [-0.2, -0.15) is 0 Å². The van der Waals surface area contributed by atoms with Gasteiger partial charge in [0.15, 0.2) is 0 Å². The molecule has 0 unspecified atom stereocenters. The molecular formula is C49H56N6O8S2. The van der Waals surface area contributed by atoms with E-state index in [1.54, 1.807) is 30.6 Å². The largest absolute Gasteiger partial charge is 0.491 e. The number of aliphatic hydroxyl groups is 1. The fourth-order valence-electron chi connectivity index (χ4n) is 11.2. The van der Waals surface area contributed by atoms with Gasteiger partial charge in [-0.15, -0.1) is 11.8 Å². The first-order chi connectivity index (χ1) is 31.3. The second-order valence-corrected chi connectivity index (χ2v) is 22.0. The van der Waals surface area contributed by atoms with E-state index < -0.39 is 31.4 Å². The van der Waals surface area contributed by atoms with Crippen molar-refractivity contribution in [3.05, 3.63) is 106 Å². The van der Waals surface area contributed by atoms with E-state index in [4.69, 9.17) is 9.47 Å². The van der Waals surface area contributed by atoms with Crippen molar-refractivity contribution in [2.75, 3.05) is 31.1 Å². The molecule has 0 bridgehead atoms. The number of nitrogens with zero attached hydrogens (tertiary/aromatic N) is 4. The number of nitrogens with one attached hydrogen (secondary N) is 2. The van der Waals surface area contributed by atoms with Crippen LogP contribution in [0.1, 0.15) is 112 Å². The maximum absolute atomic E-state index is 14.1. The zero-order valence-electron chi connectivity index (χ0n) is 36.8. The van der Waals surface area contributed by atoms with Gasteiger partial charge in [0.1, 0.15) is 34.4 Å². The number of sulfonamides is 1. The molecule has 2 aliphatic carbocycles. The van der Waals surface area contributed by atoms with Gasteiger partial charge in [-0.3, -0.25) is 19.8 Å². The van der Waals surface area contributed by atoms with E-state index in [9.17, 15) is 28.4 Å². The summed E-state index contributed by atoms with van der Waals surface area (Å²) in [5, 5.41) is 23.1. The van der Waals surface area contributed by atoms with Crippen LogP contribution in [0.5, 0.6) is 17.2 Å². The van der Waals surface area contributed by atoms with Crippen LogP contribution >= 0.6 is 11.8 Å². The van der Waals surface area contributed by atoms with Crippen LogP contribution in [0.3, 0.4) is 0 Å². The molecule has 2 saturated heterocycles. The number of thioether (sulfide) groups is 1. The number of aliphatic hydroxyl groups excluding tert-OH is 1. The first kappa shape index (κ1) is 43.7. The van der Waals surface area contributed by atoms with Crippen LogP contribution in [0.25, 0.3) is 11.0 Å². The molecule has 10 rings (SSSR count). The first-order valence-corrected chi connectivity index (χ1v) is 25.4. The van der Waals surface area contributed by atoms with Crippen molar-refractivity contribution in [2.24, 2.45) is 11.3 Å². The normalized spacial score (nSPS) is 23.5. The summed E-state index contributed by atoms with van der Waals surface area (Å²) in [6.07, 6.45) is 12.8. The maximum Gasteiger partial charge on any atom is 0.288 e. The maximum atomic E-state index is 14.1. The third-order valence-corrected chi connectivity index (χ3v) is 17.5. The predicted molar refractivity (Wildman–Crippen MR) is 250 cm³/mol. The quantitative estimate of drug-likeness (QED) is 0.0845. The molecule has 2 aromatic heterocycles. The van der Waals surface area contributed by atoms with E-state index in [-0.39, 0.29) is 45.8 Å². The number of benzene rings is 3. The number of rotatable bonds is 11. The summed E-state index contributed by atoms with van der Waals surface area (Å²) in [5.41, 5.74) is 4.35. The van der Waals surface area contributed by atoms with Gasteiger partial charge < -0.3 is 24.5 Å². The third-order valence-electron chi connectivity index (χ3n) is 14.8. The van der Waals surface area contributed by atoms with Gasteiger partial charge in [-0.25, -0.2) is 18.1 Å². The van der Waals surface area contributed by atoms with Gasteiger partial charge in [0.25, 0.3) is 21.6 Å². The van der Waals surface area contributed by atoms with E-state index in [0.29, 0.717) is 47.7 Å². The minimum atomic E-state index is -4.63. The molecule has 3 aromatic carbocycles. The average Bonchev–Trinajstić information content (AvgIpc) is 3.98. The molecule has 4 fully saturated rings. The highest BCUT2D eigenvalue weighted by Gasteiger charge is 2.50. The Hall–Kier alpha value is -5.16. The molecule has 16 heteroatoms. The molecule has 342 valence electrons. The molecule has 2 saturated carbocycles. The second kappa shape index (κ2) is 17.6. The summed E-state index contributed by atoms with van der Waals surface area (Å²) in [6.45, 7) is 7.64. The minimum Gasteiger partial charge on any atom is -0.491 e. The highest BCUT2D eigenvalue weighted by atomic mass is 32.2. The summed E-state index contributed by atoms with van der Waals surface area (Å²) in [6, 6.07) is 21.1. The lowest BCUT2D eigenvalue weighted by Crippen LogP contribution is -2.54. The van der Waals surface area contributed by atoms with Gasteiger partial charge in [-0.1, -0.05) is 38.1 Å². The monoisotopic (exact) mass is 920 g/mol. The summed E-state index contributed by atoms with van der Waals surface area (Å²) >= 11 is 1.32. The number of amides is 1. The van der Waals surface area contributed by atoms with Gasteiger partial charge in [0, 0.05) is 65.9 Å². The molecule has 5 heterocycles. The molecule has 14 nitrogen and oxygen atoms in total. The smallest absolute Gasteiger partial charge is 0.288 e. The Morgan fingerprint density at radius 2 is 1.82 bits per heavy atom. The average molecular weight is 921 g/mol. The van der Waals surface area contributed by atoms with Gasteiger partial charge in [-0.05, 0) is 123 Å². The molecular weight excluding hydrogens is 865 g/mol. The Morgan fingerprint density at radius 1 is 1.03 bits per heavy atom. The number of fused-ring (bicyclic) bond motifs is 2. The number of nitro benzene ring substituents is 1. The van der Waals surface area contributed by atoms with Gasteiger partial charge >= 0.3 is 0 Å². The third kappa shape index (κ3) is 8.70. The number of ether oxygens (including phenoxy) is 2. The van der Waals surface area contributed by atoms with E-state index in [2.05, 4.69) is 62.6 Å². The minimum absolute atomic E-state index is 0.0271. The zero-order valence-corrected chi connectivity index (χ0v) is 38.4. The Kier molecular flexibility index (Phi) is 11.8. The van der Waals surface area contributed by atoms with Crippen LogP contribution in [0.15, 0.2) is 88.9 Å². The molecule has 0 radical (unpaired) electrons. The second-order valence-electron chi connectivity index (χ2n) is 19.1. The summed E-state index contributed by atoms with van der Waals surface area (Å²) in [5.74, 6) is 0.339. The lowest BCUT2D eigenvalue weighted by Gasteiger charge is -2.56. The topological polar surface area (TPSA) is 180 Å². The number of H-pyrrole nitrogens is 1. The lowest BCUT2D eigenvalue weighted by molar-refractivity contribution is -0.388. The molecule has 1 spiro atoms. The van der Waals surface area contributed by atoms with Crippen molar-refractivity contribution in [3.63, 3.8) is 0 Å². The number of carbonyl (C=O) groups is 1. The number of nitro groups is 1. The van der Waals surface area contributed by atoms with Crippen LogP contribution in [0.2, 0.25) is 0 Å². The summed E-state index contributed by atoms with van der Waals surface area (Å²) in [7, 11) is -4.63. The van der Waals surface area contributed by atoms with Crippen molar-refractivity contribution in [2.45, 2.75) is 117 Å². The number of likely N-dealkylation sites (tertiary alicyclic amines) is 1. The van der Waals surface area contributed by atoms with Gasteiger partial charge in [0.2, 0.25) is 0 Å². The molecule has 65 heavy (non-hydrogen) atoms. The Balaban J connectivity index is 0.857. The number of hydrogen-bond donors (Lipinski definition) is 3. The molecule has 1 amide bonds.